The predicted octanol–water partition coefficient (Wildman–Crippen LogP) is 3.99. The van der Waals surface area contributed by atoms with Crippen LogP contribution in [0.2, 0.25) is 0 Å². The minimum absolute atomic E-state index is 0.0152. The molecular weight excluding hydrogens is 320 g/mol. The maximum absolute atomic E-state index is 13.1. The smallest absolute Gasteiger partial charge is 0.228 e. The van der Waals surface area contributed by atoms with Crippen molar-refractivity contribution < 1.29 is 4.79 Å². The van der Waals surface area contributed by atoms with Crippen molar-refractivity contribution in [3.8, 4) is 0 Å². The van der Waals surface area contributed by atoms with E-state index in [1.807, 2.05) is 29.2 Å². The van der Waals surface area contributed by atoms with Crippen LogP contribution in [0, 0.1) is 5.41 Å². The van der Waals surface area contributed by atoms with E-state index in [4.69, 9.17) is 5.73 Å². The highest BCUT2D eigenvalue weighted by Crippen LogP contribution is 2.32. The molecule has 0 bridgehead atoms. The lowest BCUT2D eigenvalue weighted by atomic mass is 9.85. The van der Waals surface area contributed by atoms with E-state index in [0.717, 1.165) is 25.8 Å². The van der Waals surface area contributed by atoms with E-state index in [1.165, 1.54) is 11.1 Å². The van der Waals surface area contributed by atoms with Gasteiger partial charge in [-0.2, -0.15) is 0 Å². The van der Waals surface area contributed by atoms with Gasteiger partial charge in [0.05, 0.1) is 0 Å². The quantitative estimate of drug-likeness (QED) is 0.856. The second-order valence-electron chi connectivity index (χ2n) is 8.11. The van der Waals surface area contributed by atoms with E-state index in [1.54, 1.807) is 0 Å². The summed E-state index contributed by atoms with van der Waals surface area (Å²) < 4.78 is 0. The van der Waals surface area contributed by atoms with Crippen LogP contribution in [0.3, 0.4) is 0 Å². The number of nitrogens with zero attached hydrogens (tertiary/aromatic N) is 1. The number of benzene rings is 2. The highest BCUT2D eigenvalue weighted by Gasteiger charge is 2.39. The zero-order valence-electron chi connectivity index (χ0n) is 15.9. The van der Waals surface area contributed by atoms with E-state index in [-0.39, 0.29) is 23.3 Å². The zero-order chi connectivity index (χ0) is 18.6. The Bertz CT molecular complexity index is 712. The lowest BCUT2D eigenvalue weighted by molar-refractivity contribution is -0.139. The third-order valence-corrected chi connectivity index (χ3v) is 5.57. The highest BCUT2D eigenvalue weighted by molar-refractivity contribution is 5.82. The SMILES string of the molecule is CC(C)(CCCc1ccccc1)C(=O)N1C[C@@H](N)[C@H](c2ccccc2)C1. The number of rotatable bonds is 6. The fourth-order valence-electron chi connectivity index (χ4n) is 3.96. The molecule has 1 aliphatic rings. The van der Waals surface area contributed by atoms with Gasteiger partial charge in [0.2, 0.25) is 5.91 Å². The first-order valence-electron chi connectivity index (χ1n) is 9.61. The Hall–Kier alpha value is -2.13. The first kappa shape index (κ1) is 18.7. The summed E-state index contributed by atoms with van der Waals surface area (Å²) in [5.41, 5.74) is 8.59. The van der Waals surface area contributed by atoms with Gasteiger partial charge in [-0.15, -0.1) is 0 Å². The van der Waals surface area contributed by atoms with Crippen LogP contribution in [0.5, 0.6) is 0 Å². The molecule has 3 nitrogen and oxygen atoms in total. The molecule has 138 valence electrons. The van der Waals surface area contributed by atoms with Crippen LogP contribution >= 0.6 is 0 Å². The van der Waals surface area contributed by atoms with Crippen molar-refractivity contribution >= 4 is 5.91 Å². The Morgan fingerprint density at radius 1 is 1.04 bits per heavy atom. The Kier molecular flexibility index (Phi) is 5.77. The summed E-state index contributed by atoms with van der Waals surface area (Å²) in [5, 5.41) is 0. The second-order valence-corrected chi connectivity index (χ2v) is 8.11. The Labute approximate surface area is 157 Å². The molecule has 2 aromatic carbocycles. The molecule has 3 rings (SSSR count). The summed E-state index contributed by atoms with van der Waals surface area (Å²) in [6, 6.07) is 20.8. The topological polar surface area (TPSA) is 46.3 Å². The van der Waals surface area contributed by atoms with Crippen LogP contribution < -0.4 is 5.73 Å². The normalized spacial score (nSPS) is 20.3. The number of aryl methyl sites for hydroxylation is 1. The minimum atomic E-state index is -0.347. The van der Waals surface area contributed by atoms with E-state index >= 15 is 0 Å². The van der Waals surface area contributed by atoms with Crippen LogP contribution in [-0.4, -0.2) is 29.9 Å². The molecule has 0 aliphatic carbocycles. The Balaban J connectivity index is 1.57. The molecule has 0 unspecified atom stereocenters. The fourth-order valence-corrected chi connectivity index (χ4v) is 3.96. The summed E-state index contributed by atoms with van der Waals surface area (Å²) in [6.45, 7) is 5.52. The van der Waals surface area contributed by atoms with Gasteiger partial charge in [0.1, 0.15) is 0 Å². The van der Waals surface area contributed by atoms with Crippen molar-refractivity contribution in [3.05, 3.63) is 71.8 Å². The van der Waals surface area contributed by atoms with E-state index in [2.05, 4.69) is 50.2 Å². The number of likely N-dealkylation sites (tertiary alicyclic amines) is 1. The zero-order valence-corrected chi connectivity index (χ0v) is 15.9. The van der Waals surface area contributed by atoms with Crippen molar-refractivity contribution in [3.63, 3.8) is 0 Å². The summed E-state index contributed by atoms with van der Waals surface area (Å²) >= 11 is 0. The number of hydrogen-bond donors (Lipinski definition) is 1. The summed E-state index contributed by atoms with van der Waals surface area (Å²) in [4.78, 5) is 15.1. The van der Waals surface area contributed by atoms with Crippen LogP contribution in [-0.2, 0) is 11.2 Å². The third-order valence-electron chi connectivity index (χ3n) is 5.57. The van der Waals surface area contributed by atoms with Gasteiger partial charge in [-0.3, -0.25) is 4.79 Å². The average Bonchev–Trinajstić information content (AvgIpc) is 3.04. The maximum atomic E-state index is 13.1. The van der Waals surface area contributed by atoms with Crippen molar-refractivity contribution in [2.75, 3.05) is 13.1 Å². The molecule has 1 fully saturated rings. The molecule has 1 amide bonds. The highest BCUT2D eigenvalue weighted by atomic mass is 16.2. The number of nitrogens with two attached hydrogens (primary N) is 1. The lowest BCUT2D eigenvalue weighted by Gasteiger charge is -2.29. The van der Waals surface area contributed by atoms with Gasteiger partial charge in [0.25, 0.3) is 0 Å². The van der Waals surface area contributed by atoms with Gasteiger partial charge in [-0.1, -0.05) is 74.5 Å². The van der Waals surface area contributed by atoms with Gasteiger partial charge >= 0.3 is 0 Å². The maximum Gasteiger partial charge on any atom is 0.228 e. The van der Waals surface area contributed by atoms with Gasteiger partial charge in [0.15, 0.2) is 0 Å². The molecule has 1 heterocycles. The second kappa shape index (κ2) is 8.05. The average molecular weight is 351 g/mol. The number of carbonyl (C=O) groups excluding carboxylic acids is 1. The Morgan fingerprint density at radius 2 is 1.65 bits per heavy atom. The first-order chi connectivity index (χ1) is 12.5. The number of hydrogen-bond acceptors (Lipinski definition) is 2. The molecule has 26 heavy (non-hydrogen) atoms. The van der Waals surface area contributed by atoms with Crippen molar-refractivity contribution in [2.24, 2.45) is 11.1 Å². The van der Waals surface area contributed by atoms with Gasteiger partial charge in [-0.05, 0) is 30.4 Å². The van der Waals surface area contributed by atoms with Crippen LogP contribution in [0.1, 0.15) is 43.7 Å². The van der Waals surface area contributed by atoms with E-state index in [0.29, 0.717) is 6.54 Å². The molecule has 0 aromatic heterocycles. The van der Waals surface area contributed by atoms with Crippen LogP contribution in [0.4, 0.5) is 0 Å². The van der Waals surface area contributed by atoms with Crippen LogP contribution in [0.15, 0.2) is 60.7 Å². The molecule has 1 aliphatic heterocycles. The molecule has 0 spiro atoms. The number of amides is 1. The first-order valence-corrected chi connectivity index (χ1v) is 9.61. The summed E-state index contributed by atoms with van der Waals surface area (Å²) in [7, 11) is 0. The molecular formula is C23H30N2O. The van der Waals surface area contributed by atoms with E-state index < -0.39 is 0 Å². The van der Waals surface area contributed by atoms with Gasteiger partial charge in [-0.25, -0.2) is 0 Å². The minimum Gasteiger partial charge on any atom is -0.340 e. The molecule has 1 saturated heterocycles. The Morgan fingerprint density at radius 3 is 2.31 bits per heavy atom. The predicted molar refractivity (Wildman–Crippen MR) is 107 cm³/mol. The standard InChI is InChI=1S/C23H30N2O/c1-23(2,15-9-12-18-10-5-3-6-11-18)22(26)25-16-20(21(24)17-25)19-13-7-4-8-14-19/h3-8,10-11,13-14,20-21H,9,12,15-17,24H2,1-2H3/t20-,21+/m0/s1. The van der Waals surface area contributed by atoms with Crippen LogP contribution in [0.25, 0.3) is 0 Å². The van der Waals surface area contributed by atoms with Crippen molar-refractivity contribution in [1.29, 1.82) is 0 Å². The molecule has 0 saturated carbocycles. The third kappa shape index (κ3) is 4.34. The monoisotopic (exact) mass is 350 g/mol. The summed E-state index contributed by atoms with van der Waals surface area (Å²) in [5.74, 6) is 0.472. The molecule has 0 radical (unpaired) electrons. The molecule has 2 aromatic rings. The lowest BCUT2D eigenvalue weighted by Crippen LogP contribution is -2.40. The molecule has 3 heteroatoms. The number of carbonyl (C=O) groups is 1. The van der Waals surface area contributed by atoms with Crippen molar-refractivity contribution in [2.45, 2.75) is 45.1 Å². The molecule has 2 atom stereocenters. The fraction of sp³-hybridized carbons (Fsp3) is 0.435. The van der Waals surface area contributed by atoms with Gasteiger partial charge in [0, 0.05) is 30.5 Å². The molecule has 2 N–H and O–H groups in total. The summed E-state index contributed by atoms with van der Waals surface area (Å²) in [6.07, 6.45) is 2.93. The largest absolute Gasteiger partial charge is 0.340 e. The van der Waals surface area contributed by atoms with Gasteiger partial charge < -0.3 is 10.6 Å². The van der Waals surface area contributed by atoms with E-state index in [9.17, 15) is 4.79 Å². The van der Waals surface area contributed by atoms with Crippen molar-refractivity contribution in [1.82, 2.24) is 4.90 Å².